The smallest absolute Gasteiger partial charge is 0.233 e. The first-order chi connectivity index (χ1) is 10.6. The number of aryl methyl sites for hydroxylation is 2. The summed E-state index contributed by atoms with van der Waals surface area (Å²) in [4.78, 5) is 23.7. The van der Waals surface area contributed by atoms with Gasteiger partial charge in [-0.15, -0.1) is 0 Å². The molecule has 4 heteroatoms. The highest BCUT2D eigenvalue weighted by atomic mass is 16.2. The normalized spacial score (nSPS) is 10.1. The number of carbonyl (C=O) groups is 2. The van der Waals surface area contributed by atoms with Gasteiger partial charge in [0.05, 0.1) is 0 Å². The third-order valence-electron chi connectivity index (χ3n) is 3.48. The van der Waals surface area contributed by atoms with Crippen molar-refractivity contribution in [3.05, 3.63) is 65.2 Å². The summed E-state index contributed by atoms with van der Waals surface area (Å²) in [5.74, 6) is -0.592. The molecule has 2 rings (SSSR count). The second-order valence-electron chi connectivity index (χ2n) is 5.24. The van der Waals surface area contributed by atoms with E-state index in [1.807, 2.05) is 62.4 Å². The van der Waals surface area contributed by atoms with E-state index in [0.717, 1.165) is 22.4 Å². The van der Waals surface area contributed by atoms with Crippen LogP contribution in [-0.4, -0.2) is 11.8 Å². The minimum Gasteiger partial charge on any atom is -0.352 e. The van der Waals surface area contributed by atoms with E-state index in [9.17, 15) is 9.59 Å². The maximum Gasteiger partial charge on any atom is 0.233 e. The first-order valence-electron chi connectivity index (χ1n) is 7.23. The van der Waals surface area contributed by atoms with E-state index in [4.69, 9.17) is 0 Å². The largest absolute Gasteiger partial charge is 0.352 e. The number of benzene rings is 2. The average Bonchev–Trinajstić information content (AvgIpc) is 2.49. The van der Waals surface area contributed by atoms with E-state index >= 15 is 0 Å². The first kappa shape index (κ1) is 15.8. The maximum atomic E-state index is 11.9. The van der Waals surface area contributed by atoms with Crippen LogP contribution < -0.4 is 10.6 Å². The summed E-state index contributed by atoms with van der Waals surface area (Å²) >= 11 is 0. The molecule has 0 saturated heterocycles. The molecule has 0 atom stereocenters. The molecule has 0 unspecified atom stereocenters. The van der Waals surface area contributed by atoms with Crippen molar-refractivity contribution >= 4 is 17.5 Å². The molecule has 0 aliphatic heterocycles. The monoisotopic (exact) mass is 296 g/mol. The molecule has 0 spiro atoms. The second-order valence-corrected chi connectivity index (χ2v) is 5.24. The zero-order valence-electron chi connectivity index (χ0n) is 12.8. The molecule has 2 aromatic rings. The fourth-order valence-electron chi connectivity index (χ4n) is 2.12. The van der Waals surface area contributed by atoms with Crippen LogP contribution in [-0.2, 0) is 16.1 Å². The summed E-state index contributed by atoms with van der Waals surface area (Å²) in [6.45, 7) is 4.34. The van der Waals surface area contributed by atoms with Crippen LogP contribution in [0.4, 0.5) is 5.69 Å². The number of rotatable bonds is 5. The summed E-state index contributed by atoms with van der Waals surface area (Å²) in [5.41, 5.74) is 3.87. The van der Waals surface area contributed by atoms with Gasteiger partial charge in [-0.1, -0.05) is 42.5 Å². The van der Waals surface area contributed by atoms with Crippen LogP contribution in [0, 0.1) is 13.8 Å². The average molecular weight is 296 g/mol. The Morgan fingerprint density at radius 3 is 2.18 bits per heavy atom. The lowest BCUT2D eigenvalue weighted by Crippen LogP contribution is -2.28. The molecular weight excluding hydrogens is 276 g/mol. The van der Waals surface area contributed by atoms with E-state index in [1.54, 1.807) is 0 Å². The van der Waals surface area contributed by atoms with E-state index in [0.29, 0.717) is 6.54 Å². The molecule has 2 amide bonds. The molecule has 0 heterocycles. The number of hydrogen-bond acceptors (Lipinski definition) is 2. The van der Waals surface area contributed by atoms with Gasteiger partial charge in [-0.2, -0.15) is 0 Å². The third-order valence-corrected chi connectivity index (χ3v) is 3.48. The van der Waals surface area contributed by atoms with Crippen molar-refractivity contribution in [1.29, 1.82) is 0 Å². The highest BCUT2D eigenvalue weighted by Crippen LogP contribution is 2.13. The molecule has 0 fully saturated rings. The van der Waals surface area contributed by atoms with Crippen LogP contribution in [0.25, 0.3) is 0 Å². The predicted octanol–water partition coefficient (Wildman–Crippen LogP) is 2.95. The Morgan fingerprint density at radius 1 is 0.864 bits per heavy atom. The van der Waals surface area contributed by atoms with Crippen molar-refractivity contribution < 1.29 is 9.59 Å². The molecule has 2 aromatic carbocycles. The highest BCUT2D eigenvalue weighted by molar-refractivity contribution is 6.03. The molecule has 114 valence electrons. The molecule has 2 N–H and O–H groups in total. The highest BCUT2D eigenvalue weighted by Gasteiger charge is 2.10. The van der Waals surface area contributed by atoms with E-state index in [-0.39, 0.29) is 18.2 Å². The van der Waals surface area contributed by atoms with Crippen molar-refractivity contribution in [3.63, 3.8) is 0 Å². The lowest BCUT2D eigenvalue weighted by atomic mass is 10.1. The zero-order chi connectivity index (χ0) is 15.9. The van der Waals surface area contributed by atoms with Gasteiger partial charge in [0.2, 0.25) is 11.8 Å². The SMILES string of the molecule is Cc1ccccc1CNC(=O)CC(=O)Nc1ccccc1C. The maximum absolute atomic E-state index is 11.9. The van der Waals surface area contributed by atoms with Crippen LogP contribution in [0.1, 0.15) is 23.1 Å². The van der Waals surface area contributed by atoms with Gasteiger partial charge < -0.3 is 10.6 Å². The van der Waals surface area contributed by atoms with Crippen LogP contribution in [0.15, 0.2) is 48.5 Å². The first-order valence-corrected chi connectivity index (χ1v) is 7.23. The number of amides is 2. The van der Waals surface area contributed by atoms with E-state index < -0.39 is 0 Å². The van der Waals surface area contributed by atoms with Crippen molar-refractivity contribution in [3.8, 4) is 0 Å². The zero-order valence-corrected chi connectivity index (χ0v) is 12.8. The van der Waals surface area contributed by atoms with Gasteiger partial charge >= 0.3 is 0 Å². The third kappa shape index (κ3) is 4.45. The van der Waals surface area contributed by atoms with Gasteiger partial charge in [0.1, 0.15) is 6.42 Å². The fourth-order valence-corrected chi connectivity index (χ4v) is 2.12. The molecule has 0 aliphatic carbocycles. The molecule has 22 heavy (non-hydrogen) atoms. The van der Waals surface area contributed by atoms with Gasteiger partial charge in [0, 0.05) is 12.2 Å². The Balaban J connectivity index is 1.83. The van der Waals surface area contributed by atoms with Gasteiger partial charge in [-0.05, 0) is 36.6 Å². The van der Waals surface area contributed by atoms with Crippen LogP contribution in [0.2, 0.25) is 0 Å². The van der Waals surface area contributed by atoms with Gasteiger partial charge in [0.15, 0.2) is 0 Å². The van der Waals surface area contributed by atoms with Crippen LogP contribution in [0.3, 0.4) is 0 Å². The van der Waals surface area contributed by atoms with Gasteiger partial charge in [0.25, 0.3) is 0 Å². The summed E-state index contributed by atoms with van der Waals surface area (Å²) in [6, 6.07) is 15.3. The molecule has 0 radical (unpaired) electrons. The lowest BCUT2D eigenvalue weighted by molar-refractivity contribution is -0.126. The summed E-state index contributed by atoms with van der Waals surface area (Å²) in [7, 11) is 0. The van der Waals surface area contributed by atoms with E-state index in [2.05, 4.69) is 10.6 Å². The number of hydrogen-bond donors (Lipinski definition) is 2. The number of nitrogens with one attached hydrogen (secondary N) is 2. The Morgan fingerprint density at radius 2 is 1.50 bits per heavy atom. The standard InChI is InChI=1S/C18H20N2O2/c1-13-7-3-5-9-15(13)12-19-17(21)11-18(22)20-16-10-6-4-8-14(16)2/h3-10H,11-12H2,1-2H3,(H,19,21)(H,20,22). The Kier molecular flexibility index (Phi) is 5.31. The molecule has 0 aromatic heterocycles. The van der Waals surface area contributed by atoms with Crippen LogP contribution in [0.5, 0.6) is 0 Å². The Labute approximate surface area is 130 Å². The minimum absolute atomic E-state index is 0.180. The topological polar surface area (TPSA) is 58.2 Å². The summed E-state index contributed by atoms with van der Waals surface area (Å²) < 4.78 is 0. The molecule has 0 saturated carbocycles. The number of para-hydroxylation sites is 1. The van der Waals surface area contributed by atoms with Crippen molar-refractivity contribution in [2.45, 2.75) is 26.8 Å². The lowest BCUT2D eigenvalue weighted by Gasteiger charge is -2.09. The summed E-state index contributed by atoms with van der Waals surface area (Å²) in [5, 5.41) is 5.52. The van der Waals surface area contributed by atoms with Crippen molar-refractivity contribution in [2.24, 2.45) is 0 Å². The van der Waals surface area contributed by atoms with Crippen LogP contribution >= 0.6 is 0 Å². The summed E-state index contributed by atoms with van der Waals surface area (Å²) in [6.07, 6.45) is -0.180. The van der Waals surface area contributed by atoms with Crippen molar-refractivity contribution in [1.82, 2.24) is 5.32 Å². The Hall–Kier alpha value is -2.62. The molecule has 4 nitrogen and oxygen atoms in total. The molecule has 0 bridgehead atoms. The quantitative estimate of drug-likeness (QED) is 0.833. The second kappa shape index (κ2) is 7.41. The van der Waals surface area contributed by atoms with Crippen molar-refractivity contribution in [2.75, 3.05) is 5.32 Å². The molecule has 0 aliphatic rings. The number of anilines is 1. The Bertz CT molecular complexity index is 680. The van der Waals surface area contributed by atoms with Gasteiger partial charge in [-0.3, -0.25) is 9.59 Å². The molecular formula is C18H20N2O2. The minimum atomic E-state index is -0.309. The number of carbonyl (C=O) groups excluding carboxylic acids is 2. The predicted molar refractivity (Wildman–Crippen MR) is 87.5 cm³/mol. The fraction of sp³-hybridized carbons (Fsp3) is 0.222. The van der Waals surface area contributed by atoms with Gasteiger partial charge in [-0.25, -0.2) is 0 Å². The van der Waals surface area contributed by atoms with E-state index in [1.165, 1.54) is 0 Å².